The van der Waals surface area contributed by atoms with E-state index in [1.165, 1.54) is 0 Å². The van der Waals surface area contributed by atoms with Gasteiger partial charge in [-0.3, -0.25) is 0 Å². The van der Waals surface area contributed by atoms with E-state index < -0.39 is 10.0 Å². The first-order valence-electron chi connectivity index (χ1n) is 9.10. The van der Waals surface area contributed by atoms with E-state index in [0.717, 1.165) is 31.5 Å². The lowest BCUT2D eigenvalue weighted by Gasteiger charge is -2.15. The van der Waals surface area contributed by atoms with Crippen LogP contribution in [0, 0.1) is 6.92 Å². The quantitative estimate of drug-likeness (QED) is 0.679. The molecular weight excluding hydrogens is 378 g/mol. The number of hydrogen-bond donors (Lipinski definition) is 1. The average Bonchev–Trinajstić information content (AvgIpc) is 3.39. The van der Waals surface area contributed by atoms with Crippen LogP contribution >= 0.6 is 0 Å². The highest BCUT2D eigenvalue weighted by molar-refractivity contribution is 7.89. The first-order chi connectivity index (χ1) is 13.5. The van der Waals surface area contributed by atoms with Crippen molar-refractivity contribution in [1.29, 1.82) is 0 Å². The van der Waals surface area contributed by atoms with Gasteiger partial charge in [0.2, 0.25) is 16.0 Å². The Hall–Kier alpha value is -2.78. The van der Waals surface area contributed by atoms with Gasteiger partial charge in [0.05, 0.1) is 17.1 Å². The summed E-state index contributed by atoms with van der Waals surface area (Å²) in [7, 11) is -3.65. The second kappa shape index (κ2) is 7.69. The highest BCUT2D eigenvalue weighted by atomic mass is 32.2. The Morgan fingerprint density at radius 2 is 1.86 bits per heavy atom. The molecule has 0 aliphatic carbocycles. The maximum absolute atomic E-state index is 12.6. The van der Waals surface area contributed by atoms with E-state index >= 15 is 0 Å². The minimum atomic E-state index is -3.65. The predicted octanol–water partition coefficient (Wildman–Crippen LogP) is 2.52. The fraction of sp³-hybridized carbons (Fsp3) is 0.316. The summed E-state index contributed by atoms with van der Waals surface area (Å²) in [6.45, 7) is 3.74. The van der Waals surface area contributed by atoms with Gasteiger partial charge in [0.25, 0.3) is 0 Å². The Kier molecular flexibility index (Phi) is 5.10. The van der Waals surface area contributed by atoms with E-state index in [-0.39, 0.29) is 11.4 Å². The number of nitrogens with one attached hydrogen (secondary N) is 1. The second-order valence-electron chi connectivity index (χ2n) is 6.64. The number of aryl methyl sites for hydroxylation is 1. The number of hydrogen-bond acceptors (Lipinski definition) is 7. The maximum atomic E-state index is 12.6. The molecule has 1 saturated heterocycles. The van der Waals surface area contributed by atoms with E-state index in [1.807, 2.05) is 0 Å². The van der Waals surface area contributed by atoms with Crippen molar-refractivity contribution in [2.24, 2.45) is 0 Å². The number of nitrogens with zero attached hydrogens (tertiary/aromatic N) is 4. The number of aromatic nitrogens is 3. The summed E-state index contributed by atoms with van der Waals surface area (Å²) in [5, 5.41) is 0. The van der Waals surface area contributed by atoms with Crippen LogP contribution < -0.4 is 9.62 Å². The molecule has 0 spiro atoms. The summed E-state index contributed by atoms with van der Waals surface area (Å²) in [6.07, 6.45) is 5.47. The molecule has 3 aromatic rings. The molecule has 0 atom stereocenters. The van der Waals surface area contributed by atoms with Gasteiger partial charge < -0.3 is 9.32 Å². The van der Waals surface area contributed by atoms with Gasteiger partial charge in [-0.05, 0) is 31.0 Å². The Bertz CT molecular complexity index is 1060. The lowest BCUT2D eigenvalue weighted by molar-refractivity contribution is 0.521. The molecular formula is C19H21N5O3S. The molecule has 0 amide bonds. The van der Waals surface area contributed by atoms with Gasteiger partial charge in [0, 0.05) is 31.8 Å². The van der Waals surface area contributed by atoms with Crippen LogP contribution in [0.4, 0.5) is 5.95 Å². The van der Waals surface area contributed by atoms with Crippen LogP contribution in [0.25, 0.3) is 11.3 Å². The van der Waals surface area contributed by atoms with Crippen LogP contribution in [0.2, 0.25) is 0 Å². The smallest absolute Gasteiger partial charge is 0.240 e. The van der Waals surface area contributed by atoms with Crippen molar-refractivity contribution in [2.75, 3.05) is 18.0 Å². The average molecular weight is 399 g/mol. The van der Waals surface area contributed by atoms with Gasteiger partial charge in [-0.1, -0.05) is 12.1 Å². The van der Waals surface area contributed by atoms with Crippen molar-refractivity contribution in [2.45, 2.75) is 31.2 Å². The van der Waals surface area contributed by atoms with Gasteiger partial charge in [-0.25, -0.2) is 28.1 Å². The van der Waals surface area contributed by atoms with Crippen LogP contribution in [0.3, 0.4) is 0 Å². The lowest BCUT2D eigenvalue weighted by atomic mass is 10.2. The van der Waals surface area contributed by atoms with Gasteiger partial charge in [0.1, 0.15) is 12.0 Å². The lowest BCUT2D eigenvalue weighted by Crippen LogP contribution is -2.25. The third kappa shape index (κ3) is 4.05. The fourth-order valence-corrected chi connectivity index (χ4v) is 4.10. The van der Waals surface area contributed by atoms with E-state index in [0.29, 0.717) is 23.2 Å². The third-order valence-electron chi connectivity index (χ3n) is 4.61. The van der Waals surface area contributed by atoms with Crippen molar-refractivity contribution >= 4 is 16.0 Å². The summed E-state index contributed by atoms with van der Waals surface area (Å²) in [4.78, 5) is 15.3. The normalized spacial score (nSPS) is 14.5. The molecule has 8 nitrogen and oxygen atoms in total. The minimum Gasteiger partial charge on any atom is -0.449 e. The Morgan fingerprint density at radius 3 is 2.54 bits per heavy atom. The maximum Gasteiger partial charge on any atom is 0.240 e. The van der Waals surface area contributed by atoms with Gasteiger partial charge in [-0.15, -0.1) is 0 Å². The SMILES string of the molecule is Cc1nc(-c2ccc(S(=O)(=O)NCc3ccnc(N4CCCC4)n3)cc2)co1. The molecule has 1 aliphatic rings. The molecule has 1 aromatic carbocycles. The largest absolute Gasteiger partial charge is 0.449 e. The molecule has 4 rings (SSSR count). The van der Waals surface area contributed by atoms with Crippen LogP contribution in [-0.4, -0.2) is 36.5 Å². The molecule has 2 aromatic heterocycles. The van der Waals surface area contributed by atoms with Crippen molar-refractivity contribution in [3.05, 3.63) is 54.4 Å². The molecule has 3 heterocycles. The Morgan fingerprint density at radius 1 is 1.11 bits per heavy atom. The Labute approximate surface area is 163 Å². The Balaban J connectivity index is 1.45. The zero-order chi connectivity index (χ0) is 19.6. The zero-order valence-electron chi connectivity index (χ0n) is 15.5. The molecule has 0 bridgehead atoms. The van der Waals surface area contributed by atoms with E-state index in [1.54, 1.807) is 49.7 Å². The van der Waals surface area contributed by atoms with E-state index in [4.69, 9.17) is 4.42 Å². The van der Waals surface area contributed by atoms with Gasteiger partial charge in [-0.2, -0.15) is 0 Å². The summed E-state index contributed by atoms with van der Waals surface area (Å²) < 4.78 is 33.0. The van der Waals surface area contributed by atoms with Crippen LogP contribution in [0.5, 0.6) is 0 Å². The first kappa shape index (κ1) is 18.6. The molecule has 28 heavy (non-hydrogen) atoms. The van der Waals surface area contributed by atoms with Crippen molar-refractivity contribution < 1.29 is 12.8 Å². The molecule has 146 valence electrons. The number of rotatable bonds is 6. The molecule has 0 saturated carbocycles. The zero-order valence-corrected chi connectivity index (χ0v) is 16.3. The summed E-state index contributed by atoms with van der Waals surface area (Å²) in [5.74, 6) is 1.22. The number of benzene rings is 1. The molecule has 1 N–H and O–H groups in total. The highest BCUT2D eigenvalue weighted by Crippen LogP contribution is 2.21. The van der Waals surface area contributed by atoms with E-state index in [2.05, 4.69) is 24.6 Å². The summed E-state index contributed by atoms with van der Waals surface area (Å²) >= 11 is 0. The third-order valence-corrected chi connectivity index (χ3v) is 6.03. The molecule has 0 unspecified atom stereocenters. The number of oxazole rings is 1. The second-order valence-corrected chi connectivity index (χ2v) is 8.41. The van der Waals surface area contributed by atoms with Gasteiger partial charge >= 0.3 is 0 Å². The highest BCUT2D eigenvalue weighted by Gasteiger charge is 2.17. The molecule has 1 fully saturated rings. The van der Waals surface area contributed by atoms with Crippen LogP contribution in [-0.2, 0) is 16.6 Å². The number of sulfonamides is 1. The van der Waals surface area contributed by atoms with Crippen molar-refractivity contribution in [3.8, 4) is 11.3 Å². The first-order valence-corrected chi connectivity index (χ1v) is 10.6. The summed E-state index contributed by atoms with van der Waals surface area (Å²) in [5.41, 5.74) is 2.10. The van der Waals surface area contributed by atoms with Crippen LogP contribution in [0.1, 0.15) is 24.4 Å². The fourth-order valence-electron chi connectivity index (χ4n) is 3.11. The van der Waals surface area contributed by atoms with Crippen molar-refractivity contribution in [3.63, 3.8) is 0 Å². The minimum absolute atomic E-state index is 0.107. The topological polar surface area (TPSA) is 101 Å². The molecule has 9 heteroatoms. The van der Waals surface area contributed by atoms with Crippen molar-refractivity contribution in [1.82, 2.24) is 19.7 Å². The summed E-state index contributed by atoms with van der Waals surface area (Å²) in [6, 6.07) is 8.25. The van der Waals surface area contributed by atoms with E-state index in [9.17, 15) is 8.42 Å². The number of anilines is 1. The van der Waals surface area contributed by atoms with Crippen LogP contribution in [0.15, 0.2) is 52.1 Å². The van der Waals surface area contributed by atoms with Gasteiger partial charge in [0.15, 0.2) is 5.89 Å². The molecule has 1 aliphatic heterocycles. The molecule has 0 radical (unpaired) electrons. The standard InChI is InChI=1S/C19H21N5O3S/c1-14-22-18(13-27-14)15-4-6-17(7-5-15)28(25,26)21-12-16-8-9-20-19(23-16)24-10-2-3-11-24/h4-9,13,21H,2-3,10-12H2,1H3. The predicted molar refractivity (Wildman–Crippen MR) is 104 cm³/mol. The monoisotopic (exact) mass is 399 g/mol.